The van der Waals surface area contributed by atoms with Gasteiger partial charge >= 0.3 is 0 Å². The maximum Gasteiger partial charge on any atom is 0.134 e. The summed E-state index contributed by atoms with van der Waals surface area (Å²) in [7, 11) is 0. The molecular weight excluding hydrogens is 167 g/mol. The van der Waals surface area contributed by atoms with Crippen LogP contribution in [-0.4, -0.2) is 0 Å². The van der Waals surface area contributed by atoms with Crippen molar-refractivity contribution >= 4 is 0 Å². The fraction of sp³-hybridized carbons (Fsp3) is 0.0909. The Kier molecular flexibility index (Phi) is 1.89. The zero-order valence-electron chi connectivity index (χ0n) is 7.25. The van der Waals surface area contributed by atoms with Crippen LogP contribution in [0.1, 0.15) is 5.76 Å². The van der Waals surface area contributed by atoms with Gasteiger partial charge in [0.25, 0.3) is 0 Å². The van der Waals surface area contributed by atoms with E-state index in [4.69, 9.17) is 4.42 Å². The lowest BCUT2D eigenvalue weighted by Gasteiger charge is -1.95. The second-order valence-electron chi connectivity index (χ2n) is 2.92. The topological polar surface area (TPSA) is 13.1 Å². The number of hydrogen-bond acceptors (Lipinski definition) is 1. The van der Waals surface area contributed by atoms with Crippen LogP contribution in [0, 0.1) is 12.7 Å². The van der Waals surface area contributed by atoms with E-state index >= 15 is 0 Å². The molecule has 0 saturated carbocycles. The van der Waals surface area contributed by atoms with Crippen LogP contribution in [0.3, 0.4) is 0 Å². The van der Waals surface area contributed by atoms with E-state index in [9.17, 15) is 4.39 Å². The van der Waals surface area contributed by atoms with Crippen LogP contribution in [0.25, 0.3) is 11.3 Å². The van der Waals surface area contributed by atoms with Crippen LogP contribution in [0.2, 0.25) is 0 Å². The highest BCUT2D eigenvalue weighted by molar-refractivity contribution is 5.57. The number of halogens is 1. The minimum absolute atomic E-state index is 0.230. The van der Waals surface area contributed by atoms with Crippen molar-refractivity contribution in [2.45, 2.75) is 6.92 Å². The quantitative estimate of drug-likeness (QED) is 0.649. The summed E-state index contributed by atoms with van der Waals surface area (Å²) in [5.41, 5.74) is 0.898. The number of furan rings is 1. The maximum atomic E-state index is 12.6. The first-order valence-corrected chi connectivity index (χ1v) is 4.08. The Morgan fingerprint density at radius 2 is 1.69 bits per heavy atom. The molecule has 0 radical (unpaired) electrons. The summed E-state index contributed by atoms with van der Waals surface area (Å²) in [6, 6.07) is 10.0. The van der Waals surface area contributed by atoms with E-state index in [1.807, 2.05) is 19.1 Å². The van der Waals surface area contributed by atoms with Gasteiger partial charge in [-0.1, -0.05) is 0 Å². The first-order chi connectivity index (χ1) is 6.25. The van der Waals surface area contributed by atoms with Gasteiger partial charge in [0.15, 0.2) is 0 Å². The third-order valence-corrected chi connectivity index (χ3v) is 1.87. The molecule has 0 aliphatic heterocycles. The van der Waals surface area contributed by atoms with Crippen molar-refractivity contribution in [3.8, 4) is 11.3 Å². The van der Waals surface area contributed by atoms with Gasteiger partial charge in [0.05, 0.1) is 0 Å². The minimum Gasteiger partial charge on any atom is -0.461 e. The Bertz CT molecular complexity index is 400. The van der Waals surface area contributed by atoms with Gasteiger partial charge in [-0.25, -0.2) is 4.39 Å². The normalized spacial score (nSPS) is 10.3. The molecule has 2 heteroatoms. The lowest BCUT2D eigenvalue weighted by molar-refractivity contribution is 0.548. The van der Waals surface area contributed by atoms with Gasteiger partial charge in [-0.2, -0.15) is 0 Å². The maximum absolute atomic E-state index is 12.6. The molecule has 1 nitrogen and oxygen atoms in total. The second kappa shape index (κ2) is 3.05. The van der Waals surface area contributed by atoms with Crippen molar-refractivity contribution in [2.24, 2.45) is 0 Å². The largest absolute Gasteiger partial charge is 0.461 e. The van der Waals surface area contributed by atoms with Gasteiger partial charge in [-0.05, 0) is 43.3 Å². The van der Waals surface area contributed by atoms with E-state index in [0.29, 0.717) is 0 Å². The number of hydrogen-bond donors (Lipinski definition) is 0. The summed E-state index contributed by atoms with van der Waals surface area (Å²) in [4.78, 5) is 0. The molecule has 0 saturated heterocycles. The summed E-state index contributed by atoms with van der Waals surface area (Å²) >= 11 is 0. The van der Waals surface area contributed by atoms with Crippen molar-refractivity contribution < 1.29 is 8.81 Å². The van der Waals surface area contributed by atoms with Gasteiger partial charge in [0.1, 0.15) is 17.3 Å². The average molecular weight is 176 g/mol. The average Bonchev–Trinajstić information content (AvgIpc) is 2.53. The molecular formula is C11H9FO. The van der Waals surface area contributed by atoms with E-state index in [1.54, 1.807) is 12.1 Å². The summed E-state index contributed by atoms with van der Waals surface area (Å²) < 4.78 is 18.0. The molecule has 0 aliphatic carbocycles. The molecule has 1 aromatic carbocycles. The van der Waals surface area contributed by atoms with Crippen molar-refractivity contribution in [2.75, 3.05) is 0 Å². The van der Waals surface area contributed by atoms with Crippen molar-refractivity contribution in [3.05, 3.63) is 48.0 Å². The Labute approximate surface area is 75.8 Å². The predicted octanol–water partition coefficient (Wildman–Crippen LogP) is 3.39. The smallest absolute Gasteiger partial charge is 0.134 e. The standard InChI is InChI=1S/C11H9FO/c1-8-2-7-11(13-8)9-3-5-10(12)6-4-9/h2-7H,1H3. The minimum atomic E-state index is -0.230. The third kappa shape index (κ3) is 1.61. The molecule has 0 atom stereocenters. The Morgan fingerprint density at radius 3 is 2.23 bits per heavy atom. The molecule has 1 aromatic heterocycles. The van der Waals surface area contributed by atoms with E-state index in [1.165, 1.54) is 12.1 Å². The Hall–Kier alpha value is -1.57. The molecule has 2 rings (SSSR count). The molecule has 0 fully saturated rings. The molecule has 66 valence electrons. The number of rotatable bonds is 1. The Balaban J connectivity index is 2.41. The lowest BCUT2D eigenvalue weighted by atomic mass is 10.2. The third-order valence-electron chi connectivity index (χ3n) is 1.87. The molecule has 0 N–H and O–H groups in total. The summed E-state index contributed by atoms with van der Waals surface area (Å²) in [6.45, 7) is 1.88. The summed E-state index contributed by atoms with van der Waals surface area (Å²) in [5, 5.41) is 0. The molecule has 1 heterocycles. The van der Waals surface area contributed by atoms with E-state index in [-0.39, 0.29) is 5.82 Å². The number of aryl methyl sites for hydroxylation is 1. The SMILES string of the molecule is Cc1ccc(-c2ccc(F)cc2)o1. The molecule has 13 heavy (non-hydrogen) atoms. The highest BCUT2D eigenvalue weighted by atomic mass is 19.1. The second-order valence-corrected chi connectivity index (χ2v) is 2.92. The summed E-state index contributed by atoms with van der Waals surface area (Å²) in [6.07, 6.45) is 0. The van der Waals surface area contributed by atoms with Gasteiger partial charge in [-0.15, -0.1) is 0 Å². The monoisotopic (exact) mass is 176 g/mol. The lowest BCUT2D eigenvalue weighted by Crippen LogP contribution is -1.74. The zero-order valence-corrected chi connectivity index (χ0v) is 7.25. The first-order valence-electron chi connectivity index (χ1n) is 4.08. The molecule has 0 spiro atoms. The van der Waals surface area contributed by atoms with Gasteiger partial charge in [-0.3, -0.25) is 0 Å². The van der Waals surface area contributed by atoms with Crippen LogP contribution < -0.4 is 0 Å². The van der Waals surface area contributed by atoms with Gasteiger partial charge in [0.2, 0.25) is 0 Å². The Morgan fingerprint density at radius 1 is 1.00 bits per heavy atom. The zero-order chi connectivity index (χ0) is 9.26. The van der Waals surface area contributed by atoms with Crippen LogP contribution in [0.5, 0.6) is 0 Å². The fourth-order valence-electron chi connectivity index (χ4n) is 1.20. The van der Waals surface area contributed by atoms with Crippen LogP contribution in [0.15, 0.2) is 40.8 Å². The molecule has 0 bridgehead atoms. The van der Waals surface area contributed by atoms with Crippen molar-refractivity contribution in [1.82, 2.24) is 0 Å². The molecule has 0 aliphatic rings. The molecule has 0 amide bonds. The highest BCUT2D eigenvalue weighted by Crippen LogP contribution is 2.21. The predicted molar refractivity (Wildman–Crippen MR) is 48.8 cm³/mol. The first kappa shape index (κ1) is 8.05. The van der Waals surface area contributed by atoms with Gasteiger partial charge < -0.3 is 4.42 Å². The van der Waals surface area contributed by atoms with Crippen LogP contribution in [0.4, 0.5) is 4.39 Å². The van der Waals surface area contributed by atoms with Crippen LogP contribution >= 0.6 is 0 Å². The molecule has 2 aromatic rings. The van der Waals surface area contributed by atoms with E-state index in [0.717, 1.165) is 17.1 Å². The van der Waals surface area contributed by atoms with Gasteiger partial charge in [0, 0.05) is 5.56 Å². The fourth-order valence-corrected chi connectivity index (χ4v) is 1.20. The van der Waals surface area contributed by atoms with Crippen molar-refractivity contribution in [3.63, 3.8) is 0 Å². The summed E-state index contributed by atoms with van der Waals surface area (Å²) in [5.74, 6) is 1.41. The van der Waals surface area contributed by atoms with E-state index in [2.05, 4.69) is 0 Å². The van der Waals surface area contributed by atoms with Crippen LogP contribution in [-0.2, 0) is 0 Å². The van der Waals surface area contributed by atoms with Crippen molar-refractivity contribution in [1.29, 1.82) is 0 Å². The molecule has 0 unspecified atom stereocenters. The highest BCUT2D eigenvalue weighted by Gasteiger charge is 2.01. The number of benzene rings is 1. The van der Waals surface area contributed by atoms with E-state index < -0.39 is 0 Å².